The van der Waals surface area contributed by atoms with Gasteiger partial charge in [-0.1, -0.05) is 0 Å². The summed E-state index contributed by atoms with van der Waals surface area (Å²) in [4.78, 5) is 0. The van der Waals surface area contributed by atoms with Crippen LogP contribution in [0.4, 0.5) is 0 Å². The molecule has 60 valence electrons. The zero-order chi connectivity index (χ0) is 7.61. The van der Waals surface area contributed by atoms with Crippen LogP contribution < -0.4 is 0 Å². The average Bonchev–Trinajstić information content (AvgIpc) is 1.56. The van der Waals surface area contributed by atoms with E-state index in [1.54, 1.807) is 0 Å². The van der Waals surface area contributed by atoms with Crippen molar-refractivity contribution in [2.45, 2.75) is 12.5 Å². The molecule has 0 aromatic carbocycles. The molecule has 1 rings (SSSR count). The third-order valence-corrected chi connectivity index (χ3v) is 1.83. The molecular formula is C5H10O4S. The first-order valence-electron chi connectivity index (χ1n) is 3.04. The van der Waals surface area contributed by atoms with Crippen LogP contribution in [0.5, 0.6) is 0 Å². The van der Waals surface area contributed by atoms with Crippen molar-refractivity contribution in [1.82, 2.24) is 0 Å². The smallest absolute Gasteiger partial charge is 0.264 e. The van der Waals surface area contributed by atoms with Crippen molar-refractivity contribution in [2.75, 3.05) is 19.5 Å². The Labute approximate surface area is 60.3 Å². The van der Waals surface area contributed by atoms with E-state index in [1.807, 2.05) is 0 Å². The Kier molecular flexibility index (Phi) is 2.28. The highest BCUT2D eigenvalue weighted by Crippen LogP contribution is 2.11. The summed E-state index contributed by atoms with van der Waals surface area (Å²) in [6.45, 7) is 0.886. The highest BCUT2D eigenvalue weighted by Gasteiger charge is 2.19. The van der Waals surface area contributed by atoms with Gasteiger partial charge in [0, 0.05) is 6.61 Å². The van der Waals surface area contributed by atoms with E-state index in [9.17, 15) is 8.42 Å². The van der Waals surface area contributed by atoms with Crippen LogP contribution in [0.3, 0.4) is 0 Å². The lowest BCUT2D eigenvalue weighted by Gasteiger charge is -2.25. The zero-order valence-electron chi connectivity index (χ0n) is 5.74. The van der Waals surface area contributed by atoms with Crippen LogP contribution in [0.2, 0.25) is 0 Å². The quantitative estimate of drug-likeness (QED) is 0.542. The van der Waals surface area contributed by atoms with Crippen molar-refractivity contribution >= 4 is 10.1 Å². The topological polar surface area (TPSA) is 52.6 Å². The third kappa shape index (κ3) is 2.64. The minimum absolute atomic E-state index is 0.00488. The molecule has 0 amide bonds. The maximum atomic E-state index is 10.4. The second kappa shape index (κ2) is 2.86. The van der Waals surface area contributed by atoms with Crippen LogP contribution in [-0.2, 0) is 19.0 Å². The molecule has 1 fully saturated rings. The molecule has 4 nitrogen and oxygen atoms in total. The van der Waals surface area contributed by atoms with Crippen LogP contribution in [0.25, 0.3) is 0 Å². The first-order chi connectivity index (χ1) is 4.58. The van der Waals surface area contributed by atoms with E-state index in [1.165, 1.54) is 0 Å². The van der Waals surface area contributed by atoms with E-state index in [0.717, 1.165) is 19.3 Å². The Morgan fingerprint density at radius 3 is 2.60 bits per heavy atom. The number of rotatable bonds is 3. The fraction of sp³-hybridized carbons (Fsp3) is 1.00. The minimum Gasteiger partial charge on any atom is -0.376 e. The Bertz CT molecular complexity index is 192. The molecule has 0 aromatic rings. The van der Waals surface area contributed by atoms with Crippen molar-refractivity contribution in [3.63, 3.8) is 0 Å². The molecule has 0 aliphatic carbocycles. The van der Waals surface area contributed by atoms with Gasteiger partial charge < -0.3 is 4.74 Å². The Morgan fingerprint density at radius 1 is 1.70 bits per heavy atom. The van der Waals surface area contributed by atoms with Gasteiger partial charge in [0.05, 0.1) is 19.0 Å². The van der Waals surface area contributed by atoms with Gasteiger partial charge >= 0.3 is 0 Å². The normalized spacial score (nSPS) is 25.9. The minimum atomic E-state index is -3.28. The van der Waals surface area contributed by atoms with Gasteiger partial charge in [0.2, 0.25) is 0 Å². The van der Waals surface area contributed by atoms with Crippen LogP contribution in [0, 0.1) is 0 Å². The molecule has 0 bridgehead atoms. The summed E-state index contributed by atoms with van der Waals surface area (Å²) < 4.78 is 30.2. The molecule has 0 saturated carbocycles. The van der Waals surface area contributed by atoms with E-state index in [-0.39, 0.29) is 12.7 Å². The molecule has 0 spiro atoms. The fourth-order valence-electron chi connectivity index (χ4n) is 0.615. The van der Waals surface area contributed by atoms with Gasteiger partial charge in [-0.2, -0.15) is 8.42 Å². The lowest BCUT2D eigenvalue weighted by Crippen LogP contribution is -2.32. The molecule has 1 aliphatic heterocycles. The Balaban J connectivity index is 2.16. The molecule has 10 heavy (non-hydrogen) atoms. The Hall–Kier alpha value is -0.130. The molecular weight excluding hydrogens is 156 g/mol. The summed E-state index contributed by atoms with van der Waals surface area (Å²) in [5, 5.41) is 0. The second-order valence-electron chi connectivity index (χ2n) is 2.27. The summed E-state index contributed by atoms with van der Waals surface area (Å²) in [5.74, 6) is 0. The van der Waals surface area contributed by atoms with Gasteiger partial charge in [-0.05, 0) is 6.42 Å². The van der Waals surface area contributed by atoms with Crippen molar-refractivity contribution in [3.8, 4) is 0 Å². The number of hydrogen-bond acceptors (Lipinski definition) is 4. The zero-order valence-corrected chi connectivity index (χ0v) is 6.56. The summed E-state index contributed by atoms with van der Waals surface area (Å²) in [6, 6.07) is 0. The van der Waals surface area contributed by atoms with Crippen molar-refractivity contribution in [2.24, 2.45) is 0 Å². The van der Waals surface area contributed by atoms with Crippen LogP contribution in [0.15, 0.2) is 0 Å². The number of hydrogen-bond donors (Lipinski definition) is 0. The predicted octanol–water partition coefficient (Wildman–Crippen LogP) is -0.248. The van der Waals surface area contributed by atoms with Crippen molar-refractivity contribution in [3.05, 3.63) is 0 Å². The van der Waals surface area contributed by atoms with Gasteiger partial charge in [0.25, 0.3) is 10.1 Å². The maximum absolute atomic E-state index is 10.4. The van der Waals surface area contributed by atoms with Crippen molar-refractivity contribution in [1.29, 1.82) is 0 Å². The monoisotopic (exact) mass is 166 g/mol. The highest BCUT2D eigenvalue weighted by atomic mass is 32.2. The van der Waals surface area contributed by atoms with Crippen LogP contribution in [-0.4, -0.2) is 34.0 Å². The first kappa shape index (κ1) is 7.97. The molecule has 1 saturated heterocycles. The largest absolute Gasteiger partial charge is 0.376 e. The lowest BCUT2D eigenvalue weighted by atomic mass is 10.2. The molecule has 0 N–H and O–H groups in total. The van der Waals surface area contributed by atoms with E-state index in [4.69, 9.17) is 4.74 Å². The van der Waals surface area contributed by atoms with E-state index >= 15 is 0 Å². The third-order valence-electron chi connectivity index (χ3n) is 1.26. The fourth-order valence-corrected chi connectivity index (χ4v) is 1.01. The summed E-state index contributed by atoms with van der Waals surface area (Å²) in [6.07, 6.45) is 1.93. The maximum Gasteiger partial charge on any atom is 0.264 e. The molecule has 1 heterocycles. The second-order valence-corrected chi connectivity index (χ2v) is 3.91. The van der Waals surface area contributed by atoms with Gasteiger partial charge in [-0.15, -0.1) is 0 Å². The number of ether oxygens (including phenoxy) is 1. The van der Waals surface area contributed by atoms with E-state index in [2.05, 4.69) is 4.18 Å². The van der Waals surface area contributed by atoms with Crippen LogP contribution in [0.1, 0.15) is 6.42 Å². The SMILES string of the molecule is CS(=O)(=O)OCC1CCO1. The molecule has 0 radical (unpaired) electrons. The standard InChI is InChI=1S/C5H10O4S/c1-10(6,7)9-4-5-2-3-8-5/h5H,2-4H2,1H3. The van der Waals surface area contributed by atoms with Crippen molar-refractivity contribution < 1.29 is 17.3 Å². The predicted molar refractivity (Wildman–Crippen MR) is 35.2 cm³/mol. The van der Waals surface area contributed by atoms with Gasteiger partial charge in [0.1, 0.15) is 0 Å². The Morgan fingerprint density at radius 2 is 2.30 bits per heavy atom. The first-order valence-corrected chi connectivity index (χ1v) is 4.85. The molecule has 1 atom stereocenters. The molecule has 1 unspecified atom stereocenters. The summed E-state index contributed by atoms with van der Waals surface area (Å²) in [7, 11) is -3.28. The molecule has 1 aliphatic rings. The van der Waals surface area contributed by atoms with E-state index in [0.29, 0.717) is 0 Å². The summed E-state index contributed by atoms with van der Waals surface area (Å²) >= 11 is 0. The van der Waals surface area contributed by atoms with Gasteiger partial charge in [0.15, 0.2) is 0 Å². The van der Waals surface area contributed by atoms with Crippen LogP contribution >= 0.6 is 0 Å². The lowest BCUT2D eigenvalue weighted by molar-refractivity contribution is -0.0709. The van der Waals surface area contributed by atoms with E-state index < -0.39 is 10.1 Å². The highest BCUT2D eigenvalue weighted by molar-refractivity contribution is 7.85. The molecule has 5 heteroatoms. The average molecular weight is 166 g/mol. The van der Waals surface area contributed by atoms with Gasteiger partial charge in [-0.3, -0.25) is 4.18 Å². The summed E-state index contributed by atoms with van der Waals surface area (Å²) in [5.41, 5.74) is 0. The van der Waals surface area contributed by atoms with Gasteiger partial charge in [-0.25, -0.2) is 0 Å². The molecule has 0 aromatic heterocycles.